The van der Waals surface area contributed by atoms with Crippen molar-refractivity contribution in [2.24, 2.45) is 0 Å². The van der Waals surface area contributed by atoms with Gasteiger partial charge in [0, 0.05) is 13.7 Å². The summed E-state index contributed by atoms with van der Waals surface area (Å²) in [6.45, 7) is 0.974. The van der Waals surface area contributed by atoms with Gasteiger partial charge in [0.05, 0.1) is 6.61 Å². The lowest BCUT2D eigenvalue weighted by Gasteiger charge is -1.83. The number of methoxy groups -OCH3 is 1. The maximum atomic E-state index is 6.64. The monoisotopic (exact) mass is 100 g/mol. The number of hydrogen-bond donors (Lipinski definition) is 0. The third-order valence-corrected chi connectivity index (χ3v) is 0.547. The maximum Gasteiger partial charge on any atom is 0.0644 e. The molecule has 0 saturated carbocycles. The molecule has 0 aliphatic heterocycles. The third-order valence-electron chi connectivity index (χ3n) is 0.547. The van der Waals surface area contributed by atoms with E-state index < -0.39 is 0 Å². The largest absolute Gasteiger partial charge is 0.381 e. The Hall–Kier alpha value is -0.340. The molecular formula is C5H10NO. The smallest absolute Gasteiger partial charge is 0.0644 e. The molecule has 2 heteroatoms. The van der Waals surface area contributed by atoms with Crippen molar-refractivity contribution < 1.29 is 4.74 Å². The number of ether oxygens (including phenoxy) is 1. The summed E-state index contributed by atoms with van der Waals surface area (Å²) in [5.41, 5.74) is 6.64. The van der Waals surface area contributed by atoms with Crippen LogP contribution in [0.1, 0.15) is 0 Å². The molecule has 1 N–H and O–H groups in total. The maximum absolute atomic E-state index is 6.64. The second-order valence-corrected chi connectivity index (χ2v) is 1.13. The topological polar surface area (TPSA) is 33.0 Å². The van der Waals surface area contributed by atoms with Gasteiger partial charge in [0.2, 0.25) is 0 Å². The second-order valence-electron chi connectivity index (χ2n) is 1.13. The van der Waals surface area contributed by atoms with Gasteiger partial charge in [0.25, 0.3) is 0 Å². The fourth-order valence-electron chi connectivity index (χ4n) is 0.248. The molecule has 0 fully saturated rings. The van der Waals surface area contributed by atoms with Crippen LogP contribution in [0.3, 0.4) is 0 Å². The Kier molecular flexibility index (Phi) is 5.39. The van der Waals surface area contributed by atoms with Crippen LogP contribution in [-0.4, -0.2) is 20.3 Å². The molecule has 2 nitrogen and oxygen atoms in total. The second kappa shape index (κ2) is 5.66. The zero-order valence-corrected chi connectivity index (χ0v) is 4.48. The highest BCUT2D eigenvalue weighted by atomic mass is 16.5. The van der Waals surface area contributed by atoms with Crippen LogP contribution in [0.4, 0.5) is 0 Å². The summed E-state index contributed by atoms with van der Waals surface area (Å²) in [5, 5.41) is 0. The van der Waals surface area contributed by atoms with E-state index in [0.717, 1.165) is 0 Å². The van der Waals surface area contributed by atoms with E-state index in [4.69, 9.17) is 5.73 Å². The van der Waals surface area contributed by atoms with E-state index in [-0.39, 0.29) is 0 Å². The summed E-state index contributed by atoms with van der Waals surface area (Å²) in [6, 6.07) is 0. The molecule has 0 aromatic heterocycles. The minimum atomic E-state index is 0.351. The number of hydrogen-bond acceptors (Lipinski definition) is 1. The molecule has 0 saturated heterocycles. The van der Waals surface area contributed by atoms with Crippen molar-refractivity contribution in [2.75, 3.05) is 20.3 Å². The van der Waals surface area contributed by atoms with E-state index in [9.17, 15) is 0 Å². The Morgan fingerprint density at radius 2 is 2.29 bits per heavy atom. The van der Waals surface area contributed by atoms with Crippen molar-refractivity contribution in [1.82, 2.24) is 5.73 Å². The minimum Gasteiger partial charge on any atom is -0.381 e. The lowest BCUT2D eigenvalue weighted by atomic mass is 10.5. The van der Waals surface area contributed by atoms with Crippen molar-refractivity contribution in [1.29, 1.82) is 0 Å². The van der Waals surface area contributed by atoms with Crippen LogP contribution in [0, 0.1) is 0 Å². The van der Waals surface area contributed by atoms with Crippen molar-refractivity contribution in [3.05, 3.63) is 12.2 Å². The highest BCUT2D eigenvalue weighted by Gasteiger charge is 1.66. The lowest BCUT2D eigenvalue weighted by Crippen LogP contribution is -1.82. The van der Waals surface area contributed by atoms with Gasteiger partial charge in [-0.2, -0.15) is 0 Å². The van der Waals surface area contributed by atoms with Crippen LogP contribution < -0.4 is 5.73 Å². The van der Waals surface area contributed by atoms with Gasteiger partial charge in [0.15, 0.2) is 0 Å². The Balaban J connectivity index is 2.78. The number of rotatable bonds is 3. The molecule has 0 aromatic rings. The fraction of sp³-hybridized carbons (Fsp3) is 0.600. The molecule has 7 heavy (non-hydrogen) atoms. The molecule has 0 rings (SSSR count). The van der Waals surface area contributed by atoms with E-state index >= 15 is 0 Å². The van der Waals surface area contributed by atoms with Gasteiger partial charge in [-0.3, -0.25) is 5.73 Å². The summed E-state index contributed by atoms with van der Waals surface area (Å²) in [5.74, 6) is 0. The van der Waals surface area contributed by atoms with E-state index in [1.54, 1.807) is 13.2 Å². The SMILES string of the molecule is COC/C=C/C[NH]. The van der Waals surface area contributed by atoms with E-state index in [0.29, 0.717) is 13.2 Å². The summed E-state index contributed by atoms with van der Waals surface area (Å²) in [6.07, 6.45) is 3.58. The summed E-state index contributed by atoms with van der Waals surface area (Å²) < 4.78 is 4.67. The van der Waals surface area contributed by atoms with E-state index in [1.165, 1.54) is 0 Å². The van der Waals surface area contributed by atoms with Crippen molar-refractivity contribution in [2.45, 2.75) is 0 Å². The first kappa shape index (κ1) is 6.66. The van der Waals surface area contributed by atoms with Crippen LogP contribution in [0.15, 0.2) is 12.2 Å². The van der Waals surface area contributed by atoms with Gasteiger partial charge >= 0.3 is 0 Å². The summed E-state index contributed by atoms with van der Waals surface area (Å²) in [4.78, 5) is 0. The quantitative estimate of drug-likeness (QED) is 0.474. The Morgan fingerprint density at radius 3 is 2.71 bits per heavy atom. The Labute approximate surface area is 44.0 Å². The zero-order chi connectivity index (χ0) is 5.54. The lowest BCUT2D eigenvalue weighted by molar-refractivity contribution is 0.233. The van der Waals surface area contributed by atoms with Gasteiger partial charge in [-0.25, -0.2) is 0 Å². The molecule has 0 aliphatic rings. The average Bonchev–Trinajstić information content (AvgIpc) is 1.69. The predicted molar refractivity (Wildman–Crippen MR) is 29.0 cm³/mol. The van der Waals surface area contributed by atoms with Gasteiger partial charge in [0.1, 0.15) is 0 Å². The van der Waals surface area contributed by atoms with Crippen LogP contribution >= 0.6 is 0 Å². The van der Waals surface area contributed by atoms with Crippen LogP contribution in [0.5, 0.6) is 0 Å². The van der Waals surface area contributed by atoms with Gasteiger partial charge in [-0.05, 0) is 0 Å². The van der Waals surface area contributed by atoms with E-state index in [1.807, 2.05) is 6.08 Å². The molecule has 0 aliphatic carbocycles. The predicted octanol–water partition coefficient (Wildman–Crippen LogP) is 0.472. The molecule has 0 aromatic carbocycles. The van der Waals surface area contributed by atoms with Crippen molar-refractivity contribution in [3.8, 4) is 0 Å². The summed E-state index contributed by atoms with van der Waals surface area (Å²) >= 11 is 0. The van der Waals surface area contributed by atoms with Crippen molar-refractivity contribution in [3.63, 3.8) is 0 Å². The molecule has 0 atom stereocenters. The molecular weight excluding hydrogens is 90.1 g/mol. The fourth-order valence-corrected chi connectivity index (χ4v) is 0.248. The average molecular weight is 100 g/mol. The molecule has 41 valence electrons. The van der Waals surface area contributed by atoms with Crippen LogP contribution in [0.2, 0.25) is 0 Å². The van der Waals surface area contributed by atoms with Crippen LogP contribution in [0.25, 0.3) is 0 Å². The molecule has 0 heterocycles. The zero-order valence-electron chi connectivity index (χ0n) is 4.48. The molecule has 0 spiro atoms. The highest BCUT2D eigenvalue weighted by molar-refractivity contribution is 4.81. The third kappa shape index (κ3) is 5.66. The molecule has 0 unspecified atom stereocenters. The minimum absolute atomic E-state index is 0.351. The first-order chi connectivity index (χ1) is 3.41. The first-order valence-electron chi connectivity index (χ1n) is 2.20. The molecule has 1 radical (unpaired) electrons. The Morgan fingerprint density at radius 1 is 1.57 bits per heavy atom. The van der Waals surface area contributed by atoms with E-state index in [2.05, 4.69) is 4.74 Å². The molecule has 0 bridgehead atoms. The number of nitrogens with one attached hydrogen (secondary N) is 1. The van der Waals surface area contributed by atoms with Crippen LogP contribution in [-0.2, 0) is 4.74 Å². The summed E-state index contributed by atoms with van der Waals surface area (Å²) in [7, 11) is 1.63. The van der Waals surface area contributed by atoms with Gasteiger partial charge in [-0.1, -0.05) is 12.2 Å². The first-order valence-corrected chi connectivity index (χ1v) is 2.20. The van der Waals surface area contributed by atoms with Crippen molar-refractivity contribution >= 4 is 0 Å². The van der Waals surface area contributed by atoms with Gasteiger partial charge < -0.3 is 4.74 Å². The Bertz CT molecular complexity index is 52.0. The standard InChI is InChI=1S/C5H10NO/c1-7-5-3-2-4-6/h2-3,6H,4-5H2,1H3/b3-2+. The molecule has 0 amide bonds. The normalized spacial score (nSPS) is 10.6. The highest BCUT2D eigenvalue weighted by Crippen LogP contribution is 1.69. The van der Waals surface area contributed by atoms with Gasteiger partial charge in [-0.15, -0.1) is 0 Å².